The lowest BCUT2D eigenvalue weighted by Gasteiger charge is -2.30. The van der Waals surface area contributed by atoms with Crippen LogP contribution in [0.15, 0.2) is 18.2 Å². The first-order valence-electron chi connectivity index (χ1n) is 6.17. The Morgan fingerprint density at radius 2 is 2.00 bits per heavy atom. The van der Waals surface area contributed by atoms with Crippen molar-refractivity contribution < 1.29 is 9.59 Å². The predicted octanol–water partition coefficient (Wildman–Crippen LogP) is 1.58. The monoisotopic (exact) mass is 246 g/mol. The minimum absolute atomic E-state index is 0.0502. The molecular weight excluding hydrogens is 228 g/mol. The standard InChI is InChI=1S/C14H18N2O2/c1-9(2)11-6-4-5-10(3)14(11)16-8-12(17)15-7-13(16)18/h4-6,9H,7-8H2,1-3H3,(H,15,17). The van der Waals surface area contributed by atoms with E-state index >= 15 is 0 Å². The molecule has 4 heteroatoms. The first kappa shape index (κ1) is 12.6. The zero-order chi connectivity index (χ0) is 13.3. The van der Waals surface area contributed by atoms with Gasteiger partial charge in [0.05, 0.1) is 12.2 Å². The third-order valence-electron chi connectivity index (χ3n) is 3.20. The van der Waals surface area contributed by atoms with Crippen molar-refractivity contribution in [2.45, 2.75) is 26.7 Å². The number of hydrogen-bond donors (Lipinski definition) is 1. The second-order valence-corrected chi connectivity index (χ2v) is 4.92. The van der Waals surface area contributed by atoms with Crippen LogP contribution < -0.4 is 10.2 Å². The van der Waals surface area contributed by atoms with Crippen LogP contribution in [0.5, 0.6) is 0 Å². The molecule has 96 valence electrons. The lowest BCUT2D eigenvalue weighted by Crippen LogP contribution is -2.52. The quantitative estimate of drug-likeness (QED) is 0.861. The van der Waals surface area contributed by atoms with Crippen molar-refractivity contribution >= 4 is 17.5 Å². The van der Waals surface area contributed by atoms with Crippen molar-refractivity contribution in [2.75, 3.05) is 18.0 Å². The molecule has 1 aromatic carbocycles. The zero-order valence-electron chi connectivity index (χ0n) is 11.0. The molecule has 1 saturated heterocycles. The molecule has 4 nitrogen and oxygen atoms in total. The molecule has 1 aliphatic rings. The molecule has 0 aromatic heterocycles. The molecular formula is C14H18N2O2. The Morgan fingerprint density at radius 1 is 1.28 bits per heavy atom. The summed E-state index contributed by atoms with van der Waals surface area (Å²) in [5, 5.41) is 2.57. The van der Waals surface area contributed by atoms with Crippen molar-refractivity contribution in [1.29, 1.82) is 0 Å². The van der Waals surface area contributed by atoms with Gasteiger partial charge >= 0.3 is 0 Å². The fraction of sp³-hybridized carbons (Fsp3) is 0.429. The van der Waals surface area contributed by atoms with Gasteiger partial charge in [-0.05, 0) is 24.0 Å². The van der Waals surface area contributed by atoms with Gasteiger partial charge in [-0.25, -0.2) is 0 Å². The average molecular weight is 246 g/mol. The highest BCUT2D eigenvalue weighted by atomic mass is 16.2. The van der Waals surface area contributed by atoms with Gasteiger partial charge in [-0.15, -0.1) is 0 Å². The Kier molecular flexibility index (Phi) is 3.36. The number of para-hydroxylation sites is 1. The van der Waals surface area contributed by atoms with Gasteiger partial charge in [-0.2, -0.15) is 0 Å². The minimum Gasteiger partial charge on any atom is -0.345 e. The molecule has 18 heavy (non-hydrogen) atoms. The zero-order valence-corrected chi connectivity index (χ0v) is 11.0. The molecule has 1 fully saturated rings. The number of rotatable bonds is 2. The number of carbonyl (C=O) groups is 2. The maximum absolute atomic E-state index is 12.0. The predicted molar refractivity (Wildman–Crippen MR) is 70.6 cm³/mol. The van der Waals surface area contributed by atoms with Crippen molar-refractivity contribution in [2.24, 2.45) is 0 Å². The van der Waals surface area contributed by atoms with E-state index in [9.17, 15) is 9.59 Å². The van der Waals surface area contributed by atoms with E-state index in [0.717, 1.165) is 16.8 Å². The third kappa shape index (κ3) is 2.23. The number of carbonyl (C=O) groups excluding carboxylic acids is 2. The van der Waals surface area contributed by atoms with Crippen LogP contribution in [0, 0.1) is 6.92 Å². The second kappa shape index (κ2) is 4.80. The third-order valence-corrected chi connectivity index (χ3v) is 3.20. The van der Waals surface area contributed by atoms with Crippen LogP contribution in [0.1, 0.15) is 30.9 Å². The molecule has 1 N–H and O–H groups in total. The molecule has 0 aliphatic carbocycles. The molecule has 0 saturated carbocycles. The van der Waals surface area contributed by atoms with Gasteiger partial charge < -0.3 is 10.2 Å². The number of amides is 2. The van der Waals surface area contributed by atoms with Gasteiger partial charge in [0, 0.05) is 0 Å². The number of aryl methyl sites for hydroxylation is 1. The van der Waals surface area contributed by atoms with Crippen LogP contribution in [-0.4, -0.2) is 24.9 Å². The van der Waals surface area contributed by atoms with Crippen LogP contribution in [-0.2, 0) is 9.59 Å². The fourth-order valence-corrected chi connectivity index (χ4v) is 2.28. The van der Waals surface area contributed by atoms with Crippen LogP contribution >= 0.6 is 0 Å². The normalized spacial score (nSPS) is 16.1. The molecule has 2 rings (SSSR count). The Balaban J connectivity index is 2.48. The molecule has 1 aromatic rings. The first-order chi connectivity index (χ1) is 8.50. The van der Waals surface area contributed by atoms with E-state index in [2.05, 4.69) is 19.2 Å². The number of nitrogens with one attached hydrogen (secondary N) is 1. The van der Waals surface area contributed by atoms with Crippen LogP contribution in [0.4, 0.5) is 5.69 Å². The summed E-state index contributed by atoms with van der Waals surface area (Å²) in [5.41, 5.74) is 3.04. The highest BCUT2D eigenvalue weighted by Gasteiger charge is 2.27. The first-order valence-corrected chi connectivity index (χ1v) is 6.17. The number of piperazine rings is 1. The topological polar surface area (TPSA) is 49.4 Å². The summed E-state index contributed by atoms with van der Waals surface area (Å²) in [7, 11) is 0. The van der Waals surface area contributed by atoms with Crippen molar-refractivity contribution in [3.05, 3.63) is 29.3 Å². The van der Waals surface area contributed by atoms with Gasteiger partial charge in [0.2, 0.25) is 11.8 Å². The highest BCUT2D eigenvalue weighted by molar-refractivity contribution is 6.05. The molecule has 0 atom stereocenters. The average Bonchev–Trinajstić information content (AvgIpc) is 2.32. The molecule has 1 aliphatic heterocycles. The van der Waals surface area contributed by atoms with Gasteiger partial charge in [-0.3, -0.25) is 9.59 Å². The van der Waals surface area contributed by atoms with E-state index in [1.165, 1.54) is 0 Å². The second-order valence-electron chi connectivity index (χ2n) is 4.92. The molecule has 0 spiro atoms. The molecule has 0 unspecified atom stereocenters. The maximum Gasteiger partial charge on any atom is 0.246 e. The summed E-state index contributed by atoms with van der Waals surface area (Å²) in [6.45, 7) is 6.36. The van der Waals surface area contributed by atoms with E-state index < -0.39 is 0 Å². The summed E-state index contributed by atoms with van der Waals surface area (Å²) in [6, 6.07) is 5.98. The number of anilines is 1. The Bertz CT molecular complexity index is 495. The minimum atomic E-state index is -0.104. The van der Waals surface area contributed by atoms with E-state index in [0.29, 0.717) is 5.92 Å². The molecule has 0 radical (unpaired) electrons. The Labute approximate surface area is 107 Å². The van der Waals surface area contributed by atoms with Crippen LogP contribution in [0.25, 0.3) is 0 Å². The molecule has 1 heterocycles. The van der Waals surface area contributed by atoms with E-state index in [4.69, 9.17) is 0 Å². The highest BCUT2D eigenvalue weighted by Crippen LogP contribution is 2.31. The number of hydrogen-bond acceptors (Lipinski definition) is 2. The van der Waals surface area contributed by atoms with Crippen LogP contribution in [0.2, 0.25) is 0 Å². The van der Waals surface area contributed by atoms with E-state index in [1.807, 2.05) is 25.1 Å². The molecule has 2 amide bonds. The summed E-state index contributed by atoms with van der Waals surface area (Å²) in [5.74, 6) is 0.163. The number of nitrogens with zero attached hydrogens (tertiary/aromatic N) is 1. The van der Waals surface area contributed by atoms with E-state index in [-0.39, 0.29) is 24.9 Å². The lowest BCUT2D eigenvalue weighted by atomic mass is 9.97. The lowest BCUT2D eigenvalue weighted by molar-refractivity contribution is -0.128. The largest absolute Gasteiger partial charge is 0.345 e. The van der Waals surface area contributed by atoms with Crippen LogP contribution in [0.3, 0.4) is 0 Å². The summed E-state index contributed by atoms with van der Waals surface area (Å²) >= 11 is 0. The SMILES string of the molecule is Cc1cccc(C(C)C)c1N1CC(=O)NCC1=O. The summed E-state index contributed by atoms with van der Waals surface area (Å²) in [6.07, 6.45) is 0. The van der Waals surface area contributed by atoms with Crippen molar-refractivity contribution in [3.63, 3.8) is 0 Å². The smallest absolute Gasteiger partial charge is 0.246 e. The van der Waals surface area contributed by atoms with Crippen molar-refractivity contribution in [1.82, 2.24) is 5.32 Å². The van der Waals surface area contributed by atoms with Crippen molar-refractivity contribution in [3.8, 4) is 0 Å². The fourth-order valence-electron chi connectivity index (χ4n) is 2.28. The number of benzene rings is 1. The van der Waals surface area contributed by atoms with Gasteiger partial charge in [-0.1, -0.05) is 32.0 Å². The molecule has 0 bridgehead atoms. The Hall–Kier alpha value is -1.84. The van der Waals surface area contributed by atoms with Gasteiger partial charge in [0.1, 0.15) is 6.54 Å². The summed E-state index contributed by atoms with van der Waals surface area (Å²) in [4.78, 5) is 25.1. The van der Waals surface area contributed by atoms with Gasteiger partial charge in [0.15, 0.2) is 0 Å². The van der Waals surface area contributed by atoms with Gasteiger partial charge in [0.25, 0.3) is 0 Å². The maximum atomic E-state index is 12.0. The Morgan fingerprint density at radius 3 is 2.67 bits per heavy atom. The summed E-state index contributed by atoms with van der Waals surface area (Å²) < 4.78 is 0. The van der Waals surface area contributed by atoms with E-state index in [1.54, 1.807) is 4.90 Å².